The molecule has 0 bridgehead atoms. The fourth-order valence-electron chi connectivity index (χ4n) is 4.27. The third-order valence-electron chi connectivity index (χ3n) is 6.00. The van der Waals surface area contributed by atoms with Gasteiger partial charge in [0.25, 0.3) is 0 Å². The number of nitrogens with zero attached hydrogens (tertiary/aromatic N) is 1. The summed E-state index contributed by atoms with van der Waals surface area (Å²) in [6.45, 7) is 1.16. The minimum Gasteiger partial charge on any atom is -0.488 e. The van der Waals surface area contributed by atoms with Crippen LogP contribution in [0.4, 0.5) is 5.69 Å². The van der Waals surface area contributed by atoms with Crippen LogP contribution in [-0.4, -0.2) is 37.8 Å². The maximum atomic E-state index is 12.8. The number of benzene rings is 2. The van der Waals surface area contributed by atoms with Crippen LogP contribution in [0.3, 0.4) is 0 Å². The predicted octanol–water partition coefficient (Wildman–Crippen LogP) is 4.36. The zero-order valence-corrected chi connectivity index (χ0v) is 18.6. The molecule has 1 heterocycles. The molecule has 0 spiro atoms. The standard InChI is InChI=1S/C24H30N2O4S/c27-24(25-22-10-4-5-11-23(22)30-20-8-2-3-9-20)18-19-12-14-21(15-13-19)31(28,29)26-16-6-1-7-17-26/h4-5,10-15,20H,1-3,6-9,16-18H2,(H,25,27). The molecule has 0 radical (unpaired) electrons. The van der Waals surface area contributed by atoms with E-state index in [-0.39, 0.29) is 23.3 Å². The Balaban J connectivity index is 1.38. The lowest BCUT2D eigenvalue weighted by atomic mass is 10.1. The van der Waals surface area contributed by atoms with Crippen molar-refractivity contribution in [1.82, 2.24) is 4.31 Å². The molecule has 7 heteroatoms. The SMILES string of the molecule is O=C(Cc1ccc(S(=O)(=O)N2CCCCC2)cc1)Nc1ccccc1OC1CCCC1. The summed E-state index contributed by atoms with van der Waals surface area (Å²) < 4.78 is 33.2. The quantitative estimate of drug-likeness (QED) is 0.691. The van der Waals surface area contributed by atoms with Crippen molar-refractivity contribution in [2.75, 3.05) is 18.4 Å². The Kier molecular flexibility index (Phi) is 6.92. The summed E-state index contributed by atoms with van der Waals surface area (Å²) in [5.74, 6) is 0.542. The first-order chi connectivity index (χ1) is 15.0. The van der Waals surface area contributed by atoms with Crippen molar-refractivity contribution < 1.29 is 17.9 Å². The van der Waals surface area contributed by atoms with Gasteiger partial charge in [-0.3, -0.25) is 4.79 Å². The Morgan fingerprint density at radius 2 is 1.61 bits per heavy atom. The van der Waals surface area contributed by atoms with Gasteiger partial charge in [-0.2, -0.15) is 4.31 Å². The Bertz CT molecular complexity index is 992. The van der Waals surface area contributed by atoms with Crippen molar-refractivity contribution >= 4 is 21.6 Å². The van der Waals surface area contributed by atoms with E-state index >= 15 is 0 Å². The van der Waals surface area contributed by atoms with Crippen LogP contribution in [0.2, 0.25) is 0 Å². The molecular weight excluding hydrogens is 412 g/mol. The van der Waals surface area contributed by atoms with E-state index < -0.39 is 10.0 Å². The van der Waals surface area contributed by atoms with Crippen molar-refractivity contribution in [1.29, 1.82) is 0 Å². The highest BCUT2D eigenvalue weighted by Crippen LogP contribution is 2.30. The fourth-order valence-corrected chi connectivity index (χ4v) is 5.79. The number of nitrogens with one attached hydrogen (secondary N) is 1. The van der Waals surface area contributed by atoms with Gasteiger partial charge >= 0.3 is 0 Å². The van der Waals surface area contributed by atoms with Gasteiger partial charge in [-0.25, -0.2) is 8.42 Å². The Labute approximate surface area is 184 Å². The van der Waals surface area contributed by atoms with Crippen molar-refractivity contribution in [3.05, 3.63) is 54.1 Å². The summed E-state index contributed by atoms with van der Waals surface area (Å²) >= 11 is 0. The second-order valence-corrected chi connectivity index (χ2v) is 10.3. The number of ether oxygens (including phenoxy) is 1. The van der Waals surface area contributed by atoms with Gasteiger partial charge in [0.1, 0.15) is 5.75 Å². The number of hydrogen-bond donors (Lipinski definition) is 1. The molecule has 4 rings (SSSR count). The molecule has 1 N–H and O–H groups in total. The van der Waals surface area contributed by atoms with Crippen molar-refractivity contribution in [2.24, 2.45) is 0 Å². The maximum absolute atomic E-state index is 12.8. The van der Waals surface area contributed by atoms with Gasteiger partial charge in [0.2, 0.25) is 15.9 Å². The van der Waals surface area contributed by atoms with E-state index in [0.717, 1.165) is 37.7 Å². The van der Waals surface area contributed by atoms with E-state index in [9.17, 15) is 13.2 Å². The second kappa shape index (κ2) is 9.83. The number of hydrogen-bond acceptors (Lipinski definition) is 4. The summed E-state index contributed by atoms with van der Waals surface area (Å²) in [6.07, 6.45) is 7.74. The predicted molar refractivity (Wildman–Crippen MR) is 121 cm³/mol. The molecule has 1 aliphatic heterocycles. The molecule has 2 fully saturated rings. The normalized spacial score (nSPS) is 18.1. The Hall–Kier alpha value is -2.38. The van der Waals surface area contributed by atoms with Crippen LogP contribution < -0.4 is 10.1 Å². The van der Waals surface area contributed by atoms with Crippen molar-refractivity contribution in [3.63, 3.8) is 0 Å². The minimum absolute atomic E-state index is 0.158. The van der Waals surface area contributed by atoms with Crippen LogP contribution in [0, 0.1) is 0 Å². The summed E-state index contributed by atoms with van der Waals surface area (Å²) in [6, 6.07) is 14.1. The summed E-state index contributed by atoms with van der Waals surface area (Å²) in [5.41, 5.74) is 1.44. The van der Waals surface area contributed by atoms with Gasteiger partial charge in [0.05, 0.1) is 23.1 Å². The van der Waals surface area contributed by atoms with E-state index in [1.807, 2.05) is 24.3 Å². The van der Waals surface area contributed by atoms with Gasteiger partial charge in [-0.05, 0) is 68.4 Å². The zero-order chi connectivity index (χ0) is 21.7. The molecule has 2 aromatic rings. The molecule has 1 saturated carbocycles. The van der Waals surface area contributed by atoms with E-state index in [0.29, 0.717) is 24.5 Å². The van der Waals surface area contributed by atoms with Gasteiger partial charge in [0.15, 0.2) is 0 Å². The lowest BCUT2D eigenvalue weighted by Gasteiger charge is -2.25. The zero-order valence-electron chi connectivity index (χ0n) is 17.8. The average molecular weight is 443 g/mol. The van der Waals surface area contributed by atoms with Gasteiger partial charge < -0.3 is 10.1 Å². The molecule has 0 unspecified atom stereocenters. The second-order valence-electron chi connectivity index (χ2n) is 8.35. The molecule has 0 aromatic heterocycles. The molecule has 31 heavy (non-hydrogen) atoms. The lowest BCUT2D eigenvalue weighted by Crippen LogP contribution is -2.35. The number of anilines is 1. The molecular formula is C24H30N2O4S. The number of carbonyl (C=O) groups excluding carboxylic acids is 1. The van der Waals surface area contributed by atoms with Crippen LogP contribution in [0.15, 0.2) is 53.4 Å². The van der Waals surface area contributed by atoms with Crippen LogP contribution >= 0.6 is 0 Å². The molecule has 2 aromatic carbocycles. The topological polar surface area (TPSA) is 75.7 Å². The third-order valence-corrected chi connectivity index (χ3v) is 7.91. The van der Waals surface area contributed by atoms with Gasteiger partial charge in [0, 0.05) is 13.1 Å². The summed E-state index contributed by atoms with van der Waals surface area (Å²) in [7, 11) is -3.46. The van der Waals surface area contributed by atoms with E-state index in [2.05, 4.69) is 5.32 Å². The number of piperidine rings is 1. The highest BCUT2D eigenvalue weighted by Gasteiger charge is 2.25. The van der Waals surface area contributed by atoms with E-state index in [4.69, 9.17) is 4.74 Å². The molecule has 166 valence electrons. The first kappa shape index (κ1) is 21.8. The first-order valence-corrected chi connectivity index (χ1v) is 12.6. The summed E-state index contributed by atoms with van der Waals surface area (Å²) in [4.78, 5) is 12.9. The van der Waals surface area contributed by atoms with Crippen molar-refractivity contribution in [3.8, 4) is 5.75 Å². The van der Waals surface area contributed by atoms with E-state index in [1.165, 1.54) is 12.8 Å². The highest BCUT2D eigenvalue weighted by atomic mass is 32.2. The average Bonchev–Trinajstić information content (AvgIpc) is 3.29. The largest absolute Gasteiger partial charge is 0.488 e. The Morgan fingerprint density at radius 3 is 2.32 bits per heavy atom. The Morgan fingerprint density at radius 1 is 0.935 bits per heavy atom. The third kappa shape index (κ3) is 5.46. The number of carbonyl (C=O) groups is 1. The van der Waals surface area contributed by atoms with Gasteiger partial charge in [-0.15, -0.1) is 0 Å². The van der Waals surface area contributed by atoms with Crippen LogP contribution in [0.5, 0.6) is 5.75 Å². The number of sulfonamides is 1. The highest BCUT2D eigenvalue weighted by molar-refractivity contribution is 7.89. The minimum atomic E-state index is -3.46. The maximum Gasteiger partial charge on any atom is 0.243 e. The molecule has 6 nitrogen and oxygen atoms in total. The summed E-state index contributed by atoms with van der Waals surface area (Å²) in [5, 5.41) is 2.94. The fraction of sp³-hybridized carbons (Fsp3) is 0.458. The molecule has 0 atom stereocenters. The molecule has 1 saturated heterocycles. The molecule has 1 amide bonds. The number of para-hydroxylation sites is 2. The van der Waals surface area contributed by atoms with Gasteiger partial charge in [-0.1, -0.05) is 30.7 Å². The van der Waals surface area contributed by atoms with Crippen LogP contribution in [0.1, 0.15) is 50.5 Å². The molecule has 2 aliphatic rings. The number of amides is 1. The smallest absolute Gasteiger partial charge is 0.243 e. The molecule has 1 aliphatic carbocycles. The van der Waals surface area contributed by atoms with E-state index in [1.54, 1.807) is 28.6 Å². The monoisotopic (exact) mass is 442 g/mol. The van der Waals surface area contributed by atoms with Crippen LogP contribution in [0.25, 0.3) is 0 Å². The van der Waals surface area contributed by atoms with Crippen LogP contribution in [-0.2, 0) is 21.2 Å². The first-order valence-electron chi connectivity index (χ1n) is 11.2. The van der Waals surface area contributed by atoms with Crippen molar-refractivity contribution in [2.45, 2.75) is 62.4 Å². The lowest BCUT2D eigenvalue weighted by molar-refractivity contribution is -0.115. The number of rotatable bonds is 7.